The average Bonchev–Trinajstić information content (AvgIpc) is 2.63. The maximum absolute atomic E-state index is 13.0. The van der Waals surface area contributed by atoms with Crippen molar-refractivity contribution in [1.29, 1.82) is 0 Å². The van der Waals surface area contributed by atoms with Gasteiger partial charge in [-0.05, 0) is 57.6 Å². The molecule has 0 atom stereocenters. The molecule has 1 aliphatic rings. The summed E-state index contributed by atoms with van der Waals surface area (Å²) in [6.07, 6.45) is 2.04. The van der Waals surface area contributed by atoms with Crippen LogP contribution in [0.5, 0.6) is 0 Å². The summed E-state index contributed by atoms with van der Waals surface area (Å²) in [5.41, 5.74) is 3.26. The third-order valence-electron chi connectivity index (χ3n) is 4.89. The van der Waals surface area contributed by atoms with Gasteiger partial charge in [-0.15, -0.1) is 0 Å². The van der Waals surface area contributed by atoms with Gasteiger partial charge in [0.15, 0.2) is 0 Å². The summed E-state index contributed by atoms with van der Waals surface area (Å²) in [4.78, 5) is 17.3. The van der Waals surface area contributed by atoms with E-state index in [9.17, 15) is 4.79 Å². The first kappa shape index (κ1) is 17.5. The Labute approximate surface area is 150 Å². The standard InChI is InChI=1S/C21H27N3O/c1-17-8-10-18(11-9-17)16-24(20-12-14-23(2)15-13-20)21(25)22-19-6-4-3-5-7-19/h3-11,20H,12-16H2,1-2H3,(H,22,25). The van der Waals surface area contributed by atoms with E-state index in [4.69, 9.17) is 0 Å². The second kappa shape index (κ2) is 8.17. The molecule has 1 fully saturated rings. The van der Waals surface area contributed by atoms with Gasteiger partial charge < -0.3 is 15.1 Å². The van der Waals surface area contributed by atoms with Crippen LogP contribution in [0.4, 0.5) is 10.5 Å². The van der Waals surface area contributed by atoms with Crippen LogP contribution in [0.3, 0.4) is 0 Å². The van der Waals surface area contributed by atoms with E-state index < -0.39 is 0 Å². The lowest BCUT2D eigenvalue weighted by atomic mass is 10.0. The quantitative estimate of drug-likeness (QED) is 0.911. The number of piperidine rings is 1. The molecule has 4 heteroatoms. The van der Waals surface area contributed by atoms with Gasteiger partial charge in [-0.25, -0.2) is 4.79 Å². The number of rotatable bonds is 4. The molecule has 2 aromatic rings. The Balaban J connectivity index is 1.75. The van der Waals surface area contributed by atoms with Crippen molar-refractivity contribution in [3.63, 3.8) is 0 Å². The van der Waals surface area contributed by atoms with Crippen molar-refractivity contribution in [2.45, 2.75) is 32.4 Å². The Kier molecular flexibility index (Phi) is 5.71. The predicted octanol–water partition coefficient (Wildman–Crippen LogP) is 4.12. The molecule has 1 saturated heterocycles. The first-order valence-electron chi connectivity index (χ1n) is 8.98. The number of aryl methyl sites for hydroxylation is 1. The van der Waals surface area contributed by atoms with Crippen LogP contribution in [0, 0.1) is 6.92 Å². The summed E-state index contributed by atoms with van der Waals surface area (Å²) in [5.74, 6) is 0. The van der Waals surface area contributed by atoms with E-state index in [1.807, 2.05) is 35.2 Å². The summed E-state index contributed by atoms with van der Waals surface area (Å²) in [6, 6.07) is 18.4. The van der Waals surface area contributed by atoms with Gasteiger partial charge in [0, 0.05) is 18.3 Å². The number of amides is 2. The fourth-order valence-electron chi connectivity index (χ4n) is 3.28. The highest BCUT2D eigenvalue weighted by molar-refractivity contribution is 5.89. The molecule has 1 N–H and O–H groups in total. The lowest BCUT2D eigenvalue weighted by Crippen LogP contribution is -2.47. The number of nitrogens with one attached hydrogen (secondary N) is 1. The molecule has 0 radical (unpaired) electrons. The van der Waals surface area contributed by atoms with Crippen molar-refractivity contribution < 1.29 is 4.79 Å². The molecule has 0 unspecified atom stereocenters. The molecule has 2 amide bonds. The maximum atomic E-state index is 13.0. The lowest BCUT2D eigenvalue weighted by molar-refractivity contribution is 0.135. The van der Waals surface area contributed by atoms with Gasteiger partial charge >= 0.3 is 6.03 Å². The molecule has 4 nitrogen and oxygen atoms in total. The van der Waals surface area contributed by atoms with Crippen LogP contribution < -0.4 is 5.32 Å². The zero-order chi connectivity index (χ0) is 17.6. The number of carbonyl (C=O) groups is 1. The normalized spacial score (nSPS) is 15.8. The SMILES string of the molecule is Cc1ccc(CN(C(=O)Nc2ccccc2)C2CCN(C)CC2)cc1. The van der Waals surface area contributed by atoms with Gasteiger partial charge in [-0.3, -0.25) is 0 Å². The summed E-state index contributed by atoms with van der Waals surface area (Å²) in [6.45, 7) is 4.80. The molecular weight excluding hydrogens is 310 g/mol. The van der Waals surface area contributed by atoms with Gasteiger partial charge in [0.25, 0.3) is 0 Å². The summed E-state index contributed by atoms with van der Waals surface area (Å²) in [7, 11) is 2.14. The Hall–Kier alpha value is -2.33. The van der Waals surface area contributed by atoms with Crippen molar-refractivity contribution >= 4 is 11.7 Å². The molecule has 0 aromatic heterocycles. The summed E-state index contributed by atoms with van der Waals surface area (Å²) < 4.78 is 0. The van der Waals surface area contributed by atoms with Gasteiger partial charge in [-0.2, -0.15) is 0 Å². The van der Waals surface area contributed by atoms with Crippen LogP contribution in [0.15, 0.2) is 54.6 Å². The molecule has 0 aliphatic carbocycles. The Morgan fingerprint density at radius 3 is 2.36 bits per heavy atom. The van der Waals surface area contributed by atoms with Gasteiger partial charge in [0.05, 0.1) is 0 Å². The van der Waals surface area contributed by atoms with Crippen LogP contribution in [-0.4, -0.2) is 42.0 Å². The second-order valence-electron chi connectivity index (χ2n) is 6.94. The monoisotopic (exact) mass is 337 g/mol. The van der Waals surface area contributed by atoms with Crippen LogP contribution in [0.2, 0.25) is 0 Å². The highest BCUT2D eigenvalue weighted by atomic mass is 16.2. The Morgan fingerprint density at radius 2 is 1.72 bits per heavy atom. The smallest absolute Gasteiger partial charge is 0.317 e. The molecule has 0 spiro atoms. The number of carbonyl (C=O) groups excluding carboxylic acids is 1. The molecule has 0 saturated carbocycles. The molecule has 132 valence electrons. The number of anilines is 1. The van der Waals surface area contributed by atoms with E-state index in [-0.39, 0.29) is 12.1 Å². The minimum Gasteiger partial charge on any atom is -0.317 e. The first-order valence-corrected chi connectivity index (χ1v) is 8.98. The van der Waals surface area contributed by atoms with Crippen LogP contribution in [0.25, 0.3) is 0 Å². The molecule has 3 rings (SSSR count). The van der Waals surface area contributed by atoms with Crippen LogP contribution >= 0.6 is 0 Å². The van der Waals surface area contributed by atoms with E-state index in [2.05, 4.69) is 48.5 Å². The summed E-state index contributed by atoms with van der Waals surface area (Å²) in [5, 5.41) is 3.06. The fraction of sp³-hybridized carbons (Fsp3) is 0.381. The lowest BCUT2D eigenvalue weighted by Gasteiger charge is -2.37. The number of benzene rings is 2. The van der Waals surface area contributed by atoms with E-state index in [1.165, 1.54) is 11.1 Å². The fourth-order valence-corrected chi connectivity index (χ4v) is 3.28. The van der Waals surface area contributed by atoms with Crippen molar-refractivity contribution in [3.8, 4) is 0 Å². The highest BCUT2D eigenvalue weighted by Crippen LogP contribution is 2.20. The van der Waals surface area contributed by atoms with Crippen LogP contribution in [-0.2, 0) is 6.54 Å². The average molecular weight is 337 g/mol. The second-order valence-corrected chi connectivity index (χ2v) is 6.94. The van der Waals surface area contributed by atoms with Crippen molar-refractivity contribution in [2.24, 2.45) is 0 Å². The minimum absolute atomic E-state index is 0.0127. The molecule has 0 bridgehead atoms. The molecule has 1 heterocycles. The number of urea groups is 1. The third kappa shape index (κ3) is 4.83. The van der Waals surface area contributed by atoms with Crippen molar-refractivity contribution in [3.05, 3.63) is 65.7 Å². The van der Waals surface area contributed by atoms with E-state index in [0.717, 1.165) is 31.6 Å². The number of likely N-dealkylation sites (tertiary alicyclic amines) is 1. The Bertz CT molecular complexity index is 676. The Morgan fingerprint density at radius 1 is 1.08 bits per heavy atom. The zero-order valence-corrected chi connectivity index (χ0v) is 15.1. The third-order valence-corrected chi connectivity index (χ3v) is 4.89. The van der Waals surface area contributed by atoms with E-state index in [0.29, 0.717) is 6.54 Å². The number of nitrogens with zero attached hydrogens (tertiary/aromatic N) is 2. The maximum Gasteiger partial charge on any atom is 0.322 e. The largest absolute Gasteiger partial charge is 0.322 e. The van der Waals surface area contributed by atoms with Gasteiger partial charge in [0.2, 0.25) is 0 Å². The van der Waals surface area contributed by atoms with Gasteiger partial charge in [-0.1, -0.05) is 48.0 Å². The molecular formula is C21H27N3O. The summed E-state index contributed by atoms with van der Waals surface area (Å²) >= 11 is 0. The van der Waals surface area contributed by atoms with Crippen molar-refractivity contribution in [1.82, 2.24) is 9.80 Å². The number of hydrogen-bond donors (Lipinski definition) is 1. The molecule has 1 aliphatic heterocycles. The number of hydrogen-bond acceptors (Lipinski definition) is 2. The topological polar surface area (TPSA) is 35.6 Å². The molecule has 25 heavy (non-hydrogen) atoms. The van der Waals surface area contributed by atoms with E-state index >= 15 is 0 Å². The molecule has 2 aromatic carbocycles. The van der Waals surface area contributed by atoms with Crippen LogP contribution in [0.1, 0.15) is 24.0 Å². The first-order chi connectivity index (χ1) is 12.1. The van der Waals surface area contributed by atoms with Gasteiger partial charge in [0.1, 0.15) is 0 Å². The number of para-hydroxylation sites is 1. The predicted molar refractivity (Wildman–Crippen MR) is 103 cm³/mol. The van der Waals surface area contributed by atoms with Crippen molar-refractivity contribution in [2.75, 3.05) is 25.5 Å². The zero-order valence-electron chi connectivity index (χ0n) is 15.1. The van der Waals surface area contributed by atoms with E-state index in [1.54, 1.807) is 0 Å². The highest BCUT2D eigenvalue weighted by Gasteiger charge is 2.27. The minimum atomic E-state index is -0.0127.